The number of hydrogen-bond donors (Lipinski definition) is 2. The second-order valence-corrected chi connectivity index (χ2v) is 3.63. The van der Waals surface area contributed by atoms with Crippen molar-refractivity contribution in [1.82, 2.24) is 15.0 Å². The number of ether oxygens (including phenoxy) is 1. The van der Waals surface area contributed by atoms with Crippen LogP contribution in [0.4, 0.5) is 11.9 Å². The highest BCUT2D eigenvalue weighted by atomic mass is 16.5. The molecule has 1 heterocycles. The molecule has 17 heavy (non-hydrogen) atoms. The molecule has 96 valence electrons. The number of aliphatic hydroxyl groups excluding tert-OH is 1. The first kappa shape index (κ1) is 13.4. The summed E-state index contributed by atoms with van der Waals surface area (Å²) in [6, 6.07) is 0.219. The molecule has 0 fully saturated rings. The SMILES string of the molecule is CCCNc1nc(OCCO)nc(N(C)C)n1. The Morgan fingerprint density at radius 3 is 2.65 bits per heavy atom. The van der Waals surface area contributed by atoms with Crippen molar-refractivity contribution in [3.8, 4) is 6.01 Å². The van der Waals surface area contributed by atoms with Crippen LogP contribution in [0.1, 0.15) is 13.3 Å². The van der Waals surface area contributed by atoms with Crippen LogP contribution in [0.15, 0.2) is 0 Å². The predicted molar refractivity (Wildman–Crippen MR) is 65.5 cm³/mol. The van der Waals surface area contributed by atoms with E-state index in [2.05, 4.69) is 27.2 Å². The van der Waals surface area contributed by atoms with E-state index in [0.717, 1.165) is 13.0 Å². The van der Waals surface area contributed by atoms with E-state index in [4.69, 9.17) is 9.84 Å². The average molecular weight is 241 g/mol. The standard InChI is InChI=1S/C10H19N5O2/c1-4-5-11-8-12-9(15(2)3)14-10(13-8)17-7-6-16/h16H,4-7H2,1-3H3,(H,11,12,13,14). The fraction of sp³-hybridized carbons (Fsp3) is 0.700. The first-order valence-corrected chi connectivity index (χ1v) is 5.58. The smallest absolute Gasteiger partial charge is 0.323 e. The molecule has 0 aliphatic rings. The maximum atomic E-state index is 8.69. The van der Waals surface area contributed by atoms with Crippen LogP contribution >= 0.6 is 0 Å². The molecule has 0 amide bonds. The van der Waals surface area contributed by atoms with Crippen LogP contribution < -0.4 is 15.0 Å². The Labute approximate surface area is 101 Å². The lowest BCUT2D eigenvalue weighted by molar-refractivity contribution is 0.191. The van der Waals surface area contributed by atoms with Crippen molar-refractivity contribution >= 4 is 11.9 Å². The zero-order chi connectivity index (χ0) is 12.7. The van der Waals surface area contributed by atoms with Crippen LogP contribution in [-0.2, 0) is 0 Å². The van der Waals surface area contributed by atoms with Crippen molar-refractivity contribution in [2.45, 2.75) is 13.3 Å². The van der Waals surface area contributed by atoms with E-state index >= 15 is 0 Å². The average Bonchev–Trinajstić information content (AvgIpc) is 2.33. The summed E-state index contributed by atoms with van der Waals surface area (Å²) in [7, 11) is 3.68. The summed E-state index contributed by atoms with van der Waals surface area (Å²) in [5.41, 5.74) is 0. The van der Waals surface area contributed by atoms with Gasteiger partial charge < -0.3 is 20.1 Å². The molecule has 7 heteroatoms. The number of aromatic nitrogens is 3. The van der Waals surface area contributed by atoms with E-state index in [1.165, 1.54) is 0 Å². The monoisotopic (exact) mass is 241 g/mol. The number of hydrogen-bond acceptors (Lipinski definition) is 7. The molecule has 1 aromatic rings. The molecule has 0 aromatic carbocycles. The minimum absolute atomic E-state index is 0.0687. The third-order valence-electron chi connectivity index (χ3n) is 1.86. The summed E-state index contributed by atoms with van der Waals surface area (Å²) in [6.45, 7) is 2.95. The minimum atomic E-state index is -0.0687. The Bertz CT molecular complexity index is 319. The Hall–Kier alpha value is -1.63. The van der Waals surface area contributed by atoms with Gasteiger partial charge >= 0.3 is 6.01 Å². The van der Waals surface area contributed by atoms with Gasteiger partial charge in [0.1, 0.15) is 6.61 Å². The van der Waals surface area contributed by atoms with E-state index in [9.17, 15) is 0 Å². The van der Waals surface area contributed by atoms with Gasteiger partial charge in [-0.05, 0) is 6.42 Å². The Kier molecular flexibility index (Phi) is 5.41. The summed E-state index contributed by atoms with van der Waals surface area (Å²) in [5.74, 6) is 1.00. The van der Waals surface area contributed by atoms with E-state index in [-0.39, 0.29) is 19.2 Å². The maximum Gasteiger partial charge on any atom is 0.323 e. The van der Waals surface area contributed by atoms with E-state index in [0.29, 0.717) is 11.9 Å². The van der Waals surface area contributed by atoms with Crippen LogP contribution in [0, 0.1) is 0 Å². The van der Waals surface area contributed by atoms with Crippen molar-refractivity contribution in [2.75, 3.05) is 44.1 Å². The molecular weight excluding hydrogens is 222 g/mol. The maximum absolute atomic E-state index is 8.69. The molecule has 0 spiro atoms. The normalized spacial score (nSPS) is 10.1. The van der Waals surface area contributed by atoms with Crippen LogP contribution in [0.2, 0.25) is 0 Å². The molecule has 1 rings (SSSR count). The number of rotatable bonds is 7. The van der Waals surface area contributed by atoms with Crippen molar-refractivity contribution in [3.63, 3.8) is 0 Å². The summed E-state index contributed by atoms with van der Waals surface area (Å²) in [6.07, 6.45) is 0.982. The van der Waals surface area contributed by atoms with E-state index < -0.39 is 0 Å². The Morgan fingerprint density at radius 2 is 2.06 bits per heavy atom. The van der Waals surface area contributed by atoms with Gasteiger partial charge in [-0.25, -0.2) is 0 Å². The first-order valence-electron chi connectivity index (χ1n) is 5.58. The molecule has 0 bridgehead atoms. The number of anilines is 2. The van der Waals surface area contributed by atoms with Gasteiger partial charge in [0.2, 0.25) is 11.9 Å². The van der Waals surface area contributed by atoms with Crippen molar-refractivity contribution in [2.24, 2.45) is 0 Å². The fourth-order valence-corrected chi connectivity index (χ4v) is 1.06. The number of nitrogens with zero attached hydrogens (tertiary/aromatic N) is 4. The third kappa shape index (κ3) is 4.39. The van der Waals surface area contributed by atoms with E-state index in [1.807, 2.05) is 14.1 Å². The largest absolute Gasteiger partial charge is 0.461 e. The fourth-order valence-electron chi connectivity index (χ4n) is 1.06. The quantitative estimate of drug-likeness (QED) is 0.702. The van der Waals surface area contributed by atoms with E-state index in [1.54, 1.807) is 4.90 Å². The van der Waals surface area contributed by atoms with Gasteiger partial charge in [-0.2, -0.15) is 15.0 Å². The van der Waals surface area contributed by atoms with Crippen LogP contribution in [0.5, 0.6) is 6.01 Å². The zero-order valence-corrected chi connectivity index (χ0v) is 10.5. The van der Waals surface area contributed by atoms with Gasteiger partial charge in [-0.15, -0.1) is 0 Å². The number of nitrogens with one attached hydrogen (secondary N) is 1. The lowest BCUT2D eigenvalue weighted by Gasteiger charge is -2.13. The van der Waals surface area contributed by atoms with Gasteiger partial charge in [0, 0.05) is 20.6 Å². The molecule has 0 saturated heterocycles. The van der Waals surface area contributed by atoms with Gasteiger partial charge in [-0.1, -0.05) is 6.92 Å². The predicted octanol–water partition coefficient (Wildman–Crippen LogP) is 0.131. The number of aliphatic hydroxyl groups is 1. The second kappa shape index (κ2) is 6.85. The summed E-state index contributed by atoms with van der Waals surface area (Å²) in [5, 5.41) is 11.8. The molecular formula is C10H19N5O2. The van der Waals surface area contributed by atoms with Gasteiger partial charge in [0.05, 0.1) is 6.61 Å². The molecule has 7 nitrogen and oxygen atoms in total. The highest BCUT2D eigenvalue weighted by Gasteiger charge is 2.08. The topological polar surface area (TPSA) is 83.4 Å². The summed E-state index contributed by atoms with van der Waals surface area (Å²) < 4.78 is 5.19. The van der Waals surface area contributed by atoms with Crippen molar-refractivity contribution in [3.05, 3.63) is 0 Å². The molecule has 2 N–H and O–H groups in total. The highest BCUT2D eigenvalue weighted by Crippen LogP contribution is 2.12. The lowest BCUT2D eigenvalue weighted by atomic mass is 10.5. The third-order valence-corrected chi connectivity index (χ3v) is 1.86. The molecule has 0 unspecified atom stereocenters. The summed E-state index contributed by atoms with van der Waals surface area (Å²) >= 11 is 0. The van der Waals surface area contributed by atoms with Crippen LogP contribution in [-0.4, -0.2) is 53.9 Å². The van der Waals surface area contributed by atoms with Gasteiger partial charge in [0.15, 0.2) is 0 Å². The van der Waals surface area contributed by atoms with Crippen LogP contribution in [0.25, 0.3) is 0 Å². The highest BCUT2D eigenvalue weighted by molar-refractivity contribution is 5.36. The van der Waals surface area contributed by atoms with Crippen molar-refractivity contribution < 1.29 is 9.84 Å². The van der Waals surface area contributed by atoms with Gasteiger partial charge in [0.25, 0.3) is 0 Å². The first-order chi connectivity index (χ1) is 8.17. The molecule has 1 aromatic heterocycles. The summed E-state index contributed by atoms with van der Waals surface area (Å²) in [4.78, 5) is 14.2. The van der Waals surface area contributed by atoms with Gasteiger partial charge in [-0.3, -0.25) is 0 Å². The molecule has 0 aliphatic heterocycles. The Morgan fingerprint density at radius 1 is 1.29 bits per heavy atom. The zero-order valence-electron chi connectivity index (χ0n) is 10.5. The lowest BCUT2D eigenvalue weighted by Crippen LogP contribution is -2.17. The van der Waals surface area contributed by atoms with Crippen molar-refractivity contribution in [1.29, 1.82) is 0 Å². The second-order valence-electron chi connectivity index (χ2n) is 3.63. The molecule has 0 aliphatic carbocycles. The van der Waals surface area contributed by atoms with Crippen LogP contribution in [0.3, 0.4) is 0 Å². The molecule has 0 radical (unpaired) electrons. The molecule has 0 saturated carbocycles. The minimum Gasteiger partial charge on any atom is -0.461 e. The Balaban J connectivity index is 2.84. The molecule has 0 atom stereocenters.